The number of amides is 1. The molecule has 6 heteroatoms. The Kier molecular flexibility index (Phi) is 3.41. The Morgan fingerprint density at radius 3 is 2.76 bits per heavy atom. The van der Waals surface area contributed by atoms with Crippen LogP contribution in [-0.2, 0) is 11.3 Å². The van der Waals surface area contributed by atoms with Gasteiger partial charge >= 0.3 is 0 Å². The maximum Gasteiger partial charge on any atom is 0.253 e. The van der Waals surface area contributed by atoms with Crippen molar-refractivity contribution in [2.45, 2.75) is 6.54 Å². The fraction of sp³-hybridized carbons (Fsp3) is 0.0909. The minimum Gasteiger partial charge on any atom is -0.327 e. The quantitative estimate of drug-likeness (QED) is 0.488. The topological polar surface area (TPSA) is 72.9 Å². The van der Waals surface area contributed by atoms with Crippen molar-refractivity contribution in [2.75, 3.05) is 0 Å². The van der Waals surface area contributed by atoms with Gasteiger partial charge in [-0.2, -0.15) is 0 Å². The van der Waals surface area contributed by atoms with Crippen LogP contribution in [0.5, 0.6) is 0 Å². The summed E-state index contributed by atoms with van der Waals surface area (Å²) in [5.41, 5.74) is 3.79. The number of benzene rings is 1. The summed E-state index contributed by atoms with van der Waals surface area (Å²) in [5, 5.41) is 0.677. The van der Waals surface area contributed by atoms with Crippen LogP contribution in [0, 0.1) is 0 Å². The van der Waals surface area contributed by atoms with Crippen molar-refractivity contribution in [3.63, 3.8) is 0 Å². The largest absolute Gasteiger partial charge is 0.327 e. The van der Waals surface area contributed by atoms with Crippen LogP contribution < -0.4 is 11.3 Å². The van der Waals surface area contributed by atoms with E-state index in [1.807, 2.05) is 12.1 Å². The molecule has 2 aromatic rings. The fourth-order valence-corrected chi connectivity index (χ4v) is 1.55. The highest BCUT2D eigenvalue weighted by atomic mass is 35.5. The molecule has 1 heterocycles. The van der Waals surface area contributed by atoms with Gasteiger partial charge in [-0.15, -0.1) is 0 Å². The summed E-state index contributed by atoms with van der Waals surface area (Å²) in [6.45, 7) is 0.150. The second-order valence-corrected chi connectivity index (χ2v) is 3.94. The third-order valence-electron chi connectivity index (χ3n) is 2.26. The summed E-state index contributed by atoms with van der Waals surface area (Å²) in [4.78, 5) is 15.3. The number of rotatable bonds is 3. The molecule has 0 saturated carbocycles. The summed E-state index contributed by atoms with van der Waals surface area (Å²) >= 11 is 5.80. The van der Waals surface area contributed by atoms with E-state index < -0.39 is 0 Å². The number of nitrogens with two attached hydrogens (primary N) is 1. The van der Waals surface area contributed by atoms with Crippen molar-refractivity contribution in [2.24, 2.45) is 5.84 Å². The van der Waals surface area contributed by atoms with Gasteiger partial charge in [-0.05, 0) is 12.1 Å². The first-order chi connectivity index (χ1) is 8.19. The first-order valence-corrected chi connectivity index (χ1v) is 5.34. The van der Waals surface area contributed by atoms with Crippen LogP contribution in [0.3, 0.4) is 0 Å². The molecule has 3 N–H and O–H groups in total. The molecule has 0 unspecified atom stereocenters. The third-order valence-corrected chi connectivity index (χ3v) is 2.51. The third kappa shape index (κ3) is 2.83. The first kappa shape index (κ1) is 11.6. The van der Waals surface area contributed by atoms with Gasteiger partial charge in [0.25, 0.3) is 5.91 Å². The Balaban J connectivity index is 2.18. The van der Waals surface area contributed by atoms with Gasteiger partial charge in [-0.3, -0.25) is 10.2 Å². The van der Waals surface area contributed by atoms with Crippen molar-refractivity contribution in [1.82, 2.24) is 15.0 Å². The summed E-state index contributed by atoms with van der Waals surface area (Å²) < 4.78 is 1.66. The Bertz CT molecular complexity index is 521. The first-order valence-electron chi connectivity index (χ1n) is 4.96. The molecule has 0 aliphatic carbocycles. The second kappa shape index (κ2) is 4.99. The zero-order valence-corrected chi connectivity index (χ0v) is 9.69. The van der Waals surface area contributed by atoms with E-state index in [0.29, 0.717) is 5.02 Å². The van der Waals surface area contributed by atoms with Crippen molar-refractivity contribution in [1.29, 1.82) is 0 Å². The maximum atomic E-state index is 11.1. The average molecular weight is 251 g/mol. The predicted molar refractivity (Wildman–Crippen MR) is 65.0 cm³/mol. The van der Waals surface area contributed by atoms with Crippen LogP contribution in [0.1, 0.15) is 0 Å². The zero-order chi connectivity index (χ0) is 12.3. The molecule has 17 heavy (non-hydrogen) atoms. The molecule has 5 nitrogen and oxygen atoms in total. The van der Waals surface area contributed by atoms with Gasteiger partial charge in [0.1, 0.15) is 6.54 Å². The molecule has 2 rings (SSSR count). The number of halogens is 1. The van der Waals surface area contributed by atoms with E-state index in [9.17, 15) is 4.79 Å². The van der Waals surface area contributed by atoms with Crippen LogP contribution >= 0.6 is 11.6 Å². The van der Waals surface area contributed by atoms with Crippen LogP contribution in [0.25, 0.3) is 11.3 Å². The number of carbonyl (C=O) groups excluding carboxylic acids is 1. The predicted octanol–water partition coefficient (Wildman–Crippen LogP) is 1.19. The summed E-state index contributed by atoms with van der Waals surface area (Å²) in [5.74, 6) is 4.73. The molecular weight excluding hydrogens is 240 g/mol. The lowest BCUT2D eigenvalue weighted by Crippen LogP contribution is -2.32. The smallest absolute Gasteiger partial charge is 0.253 e. The number of hydrogen-bond acceptors (Lipinski definition) is 3. The number of aromatic nitrogens is 2. The van der Waals surface area contributed by atoms with Gasteiger partial charge in [0.15, 0.2) is 0 Å². The number of nitrogens with zero attached hydrogens (tertiary/aromatic N) is 2. The summed E-state index contributed by atoms with van der Waals surface area (Å²) in [6.07, 6.45) is 3.36. The molecule has 0 aliphatic heterocycles. The Morgan fingerprint density at radius 2 is 2.12 bits per heavy atom. The highest BCUT2D eigenvalue weighted by molar-refractivity contribution is 6.30. The van der Waals surface area contributed by atoms with E-state index in [4.69, 9.17) is 17.4 Å². The Labute approximate surface area is 103 Å². The SMILES string of the molecule is NNC(=O)Cn1cnc(-c2ccc(Cl)cc2)c1. The lowest BCUT2D eigenvalue weighted by atomic mass is 10.2. The molecule has 0 atom stereocenters. The highest BCUT2D eigenvalue weighted by Gasteiger charge is 2.04. The highest BCUT2D eigenvalue weighted by Crippen LogP contribution is 2.19. The van der Waals surface area contributed by atoms with E-state index in [-0.39, 0.29) is 12.5 Å². The summed E-state index contributed by atoms with van der Waals surface area (Å²) in [6, 6.07) is 7.33. The Hall–Kier alpha value is -1.85. The minimum atomic E-state index is -0.273. The van der Waals surface area contributed by atoms with Crippen molar-refractivity contribution in [3.8, 4) is 11.3 Å². The van der Waals surface area contributed by atoms with Crippen LogP contribution in [0.4, 0.5) is 0 Å². The molecule has 1 amide bonds. The van der Waals surface area contributed by atoms with E-state index >= 15 is 0 Å². The van der Waals surface area contributed by atoms with E-state index in [2.05, 4.69) is 10.4 Å². The molecule has 1 aromatic heterocycles. The van der Waals surface area contributed by atoms with Gasteiger partial charge < -0.3 is 4.57 Å². The molecule has 1 aromatic carbocycles. The van der Waals surface area contributed by atoms with E-state index in [1.54, 1.807) is 29.2 Å². The zero-order valence-electron chi connectivity index (χ0n) is 8.93. The average Bonchev–Trinajstić information content (AvgIpc) is 2.78. The van der Waals surface area contributed by atoms with Crippen LogP contribution in [-0.4, -0.2) is 15.5 Å². The molecule has 0 radical (unpaired) electrons. The van der Waals surface area contributed by atoms with Gasteiger partial charge in [0.2, 0.25) is 0 Å². The van der Waals surface area contributed by atoms with Crippen molar-refractivity contribution < 1.29 is 4.79 Å². The van der Waals surface area contributed by atoms with E-state index in [1.165, 1.54) is 0 Å². The lowest BCUT2D eigenvalue weighted by molar-refractivity contribution is -0.121. The normalized spacial score (nSPS) is 10.2. The number of hydrazine groups is 1. The van der Waals surface area contributed by atoms with Gasteiger partial charge in [-0.25, -0.2) is 10.8 Å². The van der Waals surface area contributed by atoms with Crippen molar-refractivity contribution in [3.05, 3.63) is 41.8 Å². The molecule has 0 spiro atoms. The maximum absolute atomic E-state index is 11.1. The van der Waals surface area contributed by atoms with Gasteiger partial charge in [0, 0.05) is 16.8 Å². The van der Waals surface area contributed by atoms with E-state index in [0.717, 1.165) is 11.3 Å². The number of imidazole rings is 1. The van der Waals surface area contributed by atoms with Gasteiger partial charge in [0.05, 0.1) is 12.0 Å². The molecule has 0 fully saturated rings. The molecule has 0 bridgehead atoms. The monoisotopic (exact) mass is 250 g/mol. The van der Waals surface area contributed by atoms with Crippen LogP contribution in [0.2, 0.25) is 5.02 Å². The summed E-state index contributed by atoms with van der Waals surface area (Å²) in [7, 11) is 0. The molecule has 88 valence electrons. The number of carbonyl (C=O) groups is 1. The number of hydrogen-bond donors (Lipinski definition) is 2. The number of nitrogens with one attached hydrogen (secondary N) is 1. The van der Waals surface area contributed by atoms with Gasteiger partial charge in [-0.1, -0.05) is 23.7 Å². The fourth-order valence-electron chi connectivity index (χ4n) is 1.43. The van der Waals surface area contributed by atoms with Crippen molar-refractivity contribution >= 4 is 17.5 Å². The lowest BCUT2D eigenvalue weighted by Gasteiger charge is -1.99. The molecular formula is C11H11ClN4O. The minimum absolute atomic E-state index is 0.150. The molecule has 0 saturated heterocycles. The van der Waals surface area contributed by atoms with Crippen LogP contribution in [0.15, 0.2) is 36.8 Å². The molecule has 0 aliphatic rings. The standard InChI is InChI=1S/C11H11ClN4O/c12-9-3-1-8(2-4-9)10-5-16(7-14-10)6-11(17)15-13/h1-5,7H,6,13H2,(H,15,17). The Morgan fingerprint density at radius 1 is 1.41 bits per heavy atom. The second-order valence-electron chi connectivity index (χ2n) is 3.51.